The third-order valence-electron chi connectivity index (χ3n) is 3.62. The summed E-state index contributed by atoms with van der Waals surface area (Å²) in [6.07, 6.45) is 3.82. The van der Waals surface area contributed by atoms with E-state index < -0.39 is 4.92 Å². The first kappa shape index (κ1) is 12.7. The van der Waals surface area contributed by atoms with Gasteiger partial charge in [0.05, 0.1) is 4.92 Å². The number of hydrogen-bond donors (Lipinski definition) is 2. The molecule has 2 rings (SSSR count). The van der Waals surface area contributed by atoms with Crippen molar-refractivity contribution < 1.29 is 4.92 Å². The Balaban J connectivity index is 1.94. The topological polar surface area (TPSA) is 81.2 Å². The predicted octanol–water partition coefficient (Wildman–Crippen LogP) is 3.03. The lowest BCUT2D eigenvalue weighted by atomic mass is 10.1. The van der Waals surface area contributed by atoms with Gasteiger partial charge in [-0.05, 0) is 36.8 Å². The maximum absolute atomic E-state index is 10.6. The first-order valence-electron chi connectivity index (χ1n) is 6.34. The second-order valence-corrected chi connectivity index (χ2v) is 5.20. The van der Waals surface area contributed by atoms with Crippen molar-refractivity contribution in [3.8, 4) is 0 Å². The van der Waals surface area contributed by atoms with Gasteiger partial charge >= 0.3 is 0 Å². The van der Waals surface area contributed by atoms with Crippen molar-refractivity contribution in [3.05, 3.63) is 28.3 Å². The highest BCUT2D eigenvalue weighted by Crippen LogP contribution is 2.31. The molecule has 1 aliphatic carbocycles. The van der Waals surface area contributed by atoms with Crippen LogP contribution >= 0.6 is 0 Å². The number of benzene rings is 1. The first-order valence-corrected chi connectivity index (χ1v) is 6.34. The van der Waals surface area contributed by atoms with E-state index in [9.17, 15) is 10.1 Å². The average Bonchev–Trinajstić information content (AvgIpc) is 2.72. The van der Waals surface area contributed by atoms with E-state index in [2.05, 4.69) is 12.2 Å². The lowest BCUT2D eigenvalue weighted by Crippen LogP contribution is -2.11. The lowest BCUT2D eigenvalue weighted by Gasteiger charge is -2.12. The molecule has 98 valence electrons. The van der Waals surface area contributed by atoms with E-state index in [4.69, 9.17) is 5.73 Å². The van der Waals surface area contributed by atoms with Crippen molar-refractivity contribution in [2.75, 3.05) is 17.6 Å². The monoisotopic (exact) mass is 249 g/mol. The molecule has 1 aromatic rings. The minimum absolute atomic E-state index is 0.0324. The van der Waals surface area contributed by atoms with E-state index in [0.29, 0.717) is 5.92 Å². The molecule has 2 unspecified atom stereocenters. The van der Waals surface area contributed by atoms with Crippen LogP contribution in [0, 0.1) is 22.0 Å². The van der Waals surface area contributed by atoms with Gasteiger partial charge in [0.15, 0.2) is 0 Å². The van der Waals surface area contributed by atoms with Crippen LogP contribution in [0.5, 0.6) is 0 Å². The van der Waals surface area contributed by atoms with Crippen LogP contribution in [0.25, 0.3) is 0 Å². The zero-order valence-electron chi connectivity index (χ0n) is 10.6. The normalized spacial score (nSPS) is 22.9. The van der Waals surface area contributed by atoms with Crippen molar-refractivity contribution in [2.45, 2.75) is 26.2 Å². The number of nitrogen functional groups attached to an aromatic ring is 1. The Morgan fingerprint density at radius 1 is 1.50 bits per heavy atom. The predicted molar refractivity (Wildman–Crippen MR) is 72.5 cm³/mol. The van der Waals surface area contributed by atoms with Gasteiger partial charge in [0.1, 0.15) is 5.69 Å². The number of nitrogens with two attached hydrogens (primary N) is 1. The first-order chi connectivity index (χ1) is 8.56. The SMILES string of the molecule is CC1CCC(CNc2ccc([N+](=O)[O-])c(N)c2)C1. The standard InChI is InChI=1S/C13H19N3O2/c1-9-2-3-10(6-9)8-15-11-4-5-13(16(17)18)12(14)7-11/h4-5,7,9-10,15H,2-3,6,8,14H2,1H3. The highest BCUT2D eigenvalue weighted by atomic mass is 16.6. The van der Waals surface area contributed by atoms with Crippen molar-refractivity contribution in [2.24, 2.45) is 11.8 Å². The van der Waals surface area contributed by atoms with Gasteiger partial charge in [0.25, 0.3) is 5.69 Å². The molecule has 0 aliphatic heterocycles. The number of nitrogens with zero attached hydrogens (tertiary/aromatic N) is 1. The summed E-state index contributed by atoms with van der Waals surface area (Å²) in [5, 5.41) is 14.0. The van der Waals surface area contributed by atoms with Crippen LogP contribution in [0.3, 0.4) is 0 Å². The van der Waals surface area contributed by atoms with Crippen LogP contribution < -0.4 is 11.1 Å². The van der Waals surface area contributed by atoms with E-state index in [-0.39, 0.29) is 11.4 Å². The average molecular weight is 249 g/mol. The van der Waals surface area contributed by atoms with Gasteiger partial charge in [0.2, 0.25) is 0 Å². The molecule has 0 saturated heterocycles. The summed E-state index contributed by atoms with van der Waals surface area (Å²) in [6, 6.07) is 4.80. The van der Waals surface area contributed by atoms with Gasteiger partial charge in [-0.1, -0.05) is 13.3 Å². The zero-order chi connectivity index (χ0) is 13.1. The van der Waals surface area contributed by atoms with Gasteiger partial charge in [-0.2, -0.15) is 0 Å². The van der Waals surface area contributed by atoms with E-state index in [1.807, 2.05) is 0 Å². The molecule has 0 aromatic heterocycles. The number of rotatable bonds is 4. The minimum Gasteiger partial charge on any atom is -0.393 e. The van der Waals surface area contributed by atoms with Crippen LogP contribution in [0.1, 0.15) is 26.2 Å². The molecule has 0 spiro atoms. The largest absolute Gasteiger partial charge is 0.393 e. The van der Waals surface area contributed by atoms with Crippen molar-refractivity contribution in [1.82, 2.24) is 0 Å². The van der Waals surface area contributed by atoms with Crippen molar-refractivity contribution in [1.29, 1.82) is 0 Å². The molecule has 5 heteroatoms. The van der Waals surface area contributed by atoms with Gasteiger partial charge in [0, 0.05) is 18.3 Å². The molecule has 0 amide bonds. The van der Waals surface area contributed by atoms with Gasteiger partial charge < -0.3 is 11.1 Å². The number of nitrogens with one attached hydrogen (secondary N) is 1. The number of nitro benzene ring substituents is 1. The van der Waals surface area contributed by atoms with E-state index in [1.165, 1.54) is 25.3 Å². The maximum atomic E-state index is 10.6. The molecule has 3 N–H and O–H groups in total. The maximum Gasteiger partial charge on any atom is 0.292 e. The van der Waals surface area contributed by atoms with Crippen LogP contribution in [-0.4, -0.2) is 11.5 Å². The summed E-state index contributed by atoms with van der Waals surface area (Å²) < 4.78 is 0. The molecule has 0 bridgehead atoms. The highest BCUT2D eigenvalue weighted by Gasteiger charge is 2.21. The molecule has 0 heterocycles. The fraction of sp³-hybridized carbons (Fsp3) is 0.538. The number of anilines is 2. The zero-order valence-corrected chi connectivity index (χ0v) is 10.6. The Labute approximate surface area is 107 Å². The van der Waals surface area contributed by atoms with Crippen LogP contribution in [0.4, 0.5) is 17.1 Å². The van der Waals surface area contributed by atoms with Crippen molar-refractivity contribution in [3.63, 3.8) is 0 Å². The molecular formula is C13H19N3O2. The lowest BCUT2D eigenvalue weighted by molar-refractivity contribution is -0.383. The second-order valence-electron chi connectivity index (χ2n) is 5.20. The molecule has 5 nitrogen and oxygen atoms in total. The van der Waals surface area contributed by atoms with Crippen LogP contribution in [0.2, 0.25) is 0 Å². The van der Waals surface area contributed by atoms with Gasteiger partial charge in [-0.15, -0.1) is 0 Å². The van der Waals surface area contributed by atoms with E-state index in [1.54, 1.807) is 12.1 Å². The fourth-order valence-electron chi connectivity index (χ4n) is 2.60. The molecule has 0 radical (unpaired) electrons. The second kappa shape index (κ2) is 5.25. The summed E-state index contributed by atoms with van der Waals surface area (Å²) >= 11 is 0. The third-order valence-corrected chi connectivity index (χ3v) is 3.62. The molecule has 1 saturated carbocycles. The molecule has 1 aromatic carbocycles. The van der Waals surface area contributed by atoms with Gasteiger partial charge in [-0.3, -0.25) is 10.1 Å². The van der Waals surface area contributed by atoms with Crippen LogP contribution in [-0.2, 0) is 0 Å². The highest BCUT2D eigenvalue weighted by molar-refractivity contribution is 5.65. The summed E-state index contributed by atoms with van der Waals surface area (Å²) in [5.74, 6) is 1.52. The van der Waals surface area contributed by atoms with Gasteiger partial charge in [-0.25, -0.2) is 0 Å². The Morgan fingerprint density at radius 3 is 2.83 bits per heavy atom. The quantitative estimate of drug-likeness (QED) is 0.488. The molecule has 1 fully saturated rings. The molecule has 1 aliphatic rings. The summed E-state index contributed by atoms with van der Waals surface area (Å²) in [5.41, 5.74) is 6.69. The molecule has 18 heavy (non-hydrogen) atoms. The smallest absolute Gasteiger partial charge is 0.292 e. The van der Waals surface area contributed by atoms with Crippen molar-refractivity contribution >= 4 is 17.1 Å². The Kier molecular flexibility index (Phi) is 3.69. The number of nitro groups is 1. The summed E-state index contributed by atoms with van der Waals surface area (Å²) in [6.45, 7) is 3.20. The summed E-state index contributed by atoms with van der Waals surface area (Å²) in [7, 11) is 0. The van der Waals surface area contributed by atoms with Crippen LogP contribution in [0.15, 0.2) is 18.2 Å². The fourth-order valence-corrected chi connectivity index (χ4v) is 2.60. The minimum atomic E-state index is -0.461. The number of hydrogen-bond acceptors (Lipinski definition) is 4. The van der Waals surface area contributed by atoms with E-state index in [0.717, 1.165) is 18.2 Å². The summed E-state index contributed by atoms with van der Waals surface area (Å²) in [4.78, 5) is 10.2. The Hall–Kier alpha value is -1.78. The third kappa shape index (κ3) is 2.91. The Morgan fingerprint density at radius 2 is 2.28 bits per heavy atom. The molecule has 2 atom stereocenters. The Bertz CT molecular complexity index is 448. The van der Waals surface area contributed by atoms with E-state index >= 15 is 0 Å². The molecular weight excluding hydrogens is 230 g/mol.